The Morgan fingerprint density at radius 2 is 2.30 bits per heavy atom. The fourth-order valence-electron chi connectivity index (χ4n) is 2.20. The minimum Gasteiger partial charge on any atom is -0.396 e. The minimum atomic E-state index is 0.250. The van der Waals surface area contributed by atoms with Crippen LogP contribution in [-0.4, -0.2) is 32.5 Å². The molecule has 0 aliphatic rings. The van der Waals surface area contributed by atoms with Crippen LogP contribution in [0.5, 0.6) is 0 Å². The summed E-state index contributed by atoms with van der Waals surface area (Å²) >= 11 is 0. The van der Waals surface area contributed by atoms with Crippen molar-refractivity contribution < 1.29 is 5.11 Å². The van der Waals surface area contributed by atoms with Gasteiger partial charge in [-0.3, -0.25) is 9.67 Å². The van der Waals surface area contributed by atoms with E-state index < -0.39 is 0 Å². The highest BCUT2D eigenvalue weighted by atomic mass is 16.2. The predicted octanol–water partition coefficient (Wildman–Crippen LogP) is 1.73. The molecule has 0 bridgehead atoms. The van der Waals surface area contributed by atoms with E-state index in [1.54, 1.807) is 6.20 Å². The van der Waals surface area contributed by atoms with Gasteiger partial charge >= 0.3 is 0 Å². The van der Waals surface area contributed by atoms with Gasteiger partial charge in [-0.25, -0.2) is 0 Å². The largest absolute Gasteiger partial charge is 0.396 e. The Hall–Kier alpha value is -1.72. The highest BCUT2D eigenvalue weighted by Gasteiger charge is 2.11. The Balaban J connectivity index is 2.05. The normalized spacial score (nSPS) is 12.6. The van der Waals surface area contributed by atoms with E-state index in [2.05, 4.69) is 22.3 Å². The fourth-order valence-corrected chi connectivity index (χ4v) is 2.20. The molecule has 2 N–H and O–H groups in total. The summed E-state index contributed by atoms with van der Waals surface area (Å²) in [5, 5.41) is 16.8. The molecule has 5 heteroatoms. The van der Waals surface area contributed by atoms with Crippen molar-refractivity contribution in [3.05, 3.63) is 36.3 Å². The Bertz CT molecular complexity index is 524. The molecule has 0 fully saturated rings. The predicted molar refractivity (Wildman–Crippen MR) is 79.1 cm³/mol. The van der Waals surface area contributed by atoms with E-state index >= 15 is 0 Å². The number of aliphatic hydroxyl groups excluding tert-OH is 1. The average Bonchev–Trinajstić information content (AvgIpc) is 2.85. The number of rotatable bonds is 7. The van der Waals surface area contributed by atoms with Gasteiger partial charge < -0.3 is 10.4 Å². The lowest BCUT2D eigenvalue weighted by atomic mass is 10.1. The van der Waals surface area contributed by atoms with Crippen molar-refractivity contribution in [2.24, 2.45) is 7.05 Å². The van der Waals surface area contributed by atoms with Crippen LogP contribution >= 0.6 is 0 Å². The van der Waals surface area contributed by atoms with Gasteiger partial charge in [0.2, 0.25) is 0 Å². The lowest BCUT2D eigenvalue weighted by molar-refractivity contribution is 0.276. The first-order chi connectivity index (χ1) is 9.70. The van der Waals surface area contributed by atoms with E-state index in [1.165, 1.54) is 0 Å². The van der Waals surface area contributed by atoms with Crippen molar-refractivity contribution >= 4 is 0 Å². The van der Waals surface area contributed by atoms with Crippen molar-refractivity contribution in [1.29, 1.82) is 0 Å². The van der Waals surface area contributed by atoms with Gasteiger partial charge in [0, 0.05) is 56.0 Å². The Labute approximate surface area is 119 Å². The Kier molecular flexibility index (Phi) is 5.26. The van der Waals surface area contributed by atoms with Crippen molar-refractivity contribution in [3.63, 3.8) is 0 Å². The summed E-state index contributed by atoms with van der Waals surface area (Å²) < 4.78 is 1.83. The lowest BCUT2D eigenvalue weighted by Crippen LogP contribution is -2.25. The molecular formula is C15H22N4O. The van der Waals surface area contributed by atoms with E-state index in [1.807, 2.05) is 36.3 Å². The standard InChI is InChI=1S/C15H22N4O/c1-12(5-4-8-20)17-10-14-11-19(2)18-15(14)13-6-3-7-16-9-13/h3,6-7,9,11-12,17,20H,4-5,8,10H2,1-2H3. The van der Waals surface area contributed by atoms with Crippen LogP contribution in [-0.2, 0) is 13.6 Å². The lowest BCUT2D eigenvalue weighted by Gasteiger charge is -2.12. The summed E-state index contributed by atoms with van der Waals surface area (Å²) in [4.78, 5) is 4.15. The quantitative estimate of drug-likeness (QED) is 0.807. The third-order valence-corrected chi connectivity index (χ3v) is 3.28. The number of nitrogens with zero attached hydrogens (tertiary/aromatic N) is 3. The molecule has 108 valence electrons. The summed E-state index contributed by atoms with van der Waals surface area (Å²) in [5.74, 6) is 0. The monoisotopic (exact) mass is 274 g/mol. The molecule has 2 heterocycles. The molecule has 0 amide bonds. The number of pyridine rings is 1. The van der Waals surface area contributed by atoms with Crippen LogP contribution in [0.1, 0.15) is 25.3 Å². The highest BCUT2D eigenvalue weighted by molar-refractivity contribution is 5.61. The first-order valence-electron chi connectivity index (χ1n) is 6.98. The second kappa shape index (κ2) is 7.17. The maximum absolute atomic E-state index is 8.85. The maximum atomic E-state index is 8.85. The number of hydrogen-bond acceptors (Lipinski definition) is 4. The highest BCUT2D eigenvalue weighted by Crippen LogP contribution is 2.20. The van der Waals surface area contributed by atoms with Gasteiger partial charge in [0.05, 0.1) is 5.69 Å². The van der Waals surface area contributed by atoms with Crippen LogP contribution in [0.3, 0.4) is 0 Å². The molecule has 20 heavy (non-hydrogen) atoms. The Morgan fingerprint density at radius 1 is 1.45 bits per heavy atom. The molecule has 5 nitrogen and oxygen atoms in total. The van der Waals surface area contributed by atoms with Crippen LogP contribution in [0.25, 0.3) is 11.3 Å². The van der Waals surface area contributed by atoms with Gasteiger partial charge in [0.1, 0.15) is 0 Å². The minimum absolute atomic E-state index is 0.250. The van der Waals surface area contributed by atoms with Crippen molar-refractivity contribution in [2.75, 3.05) is 6.61 Å². The number of aryl methyl sites for hydroxylation is 1. The number of aliphatic hydroxyl groups is 1. The van der Waals surface area contributed by atoms with Gasteiger partial charge in [-0.05, 0) is 31.9 Å². The Morgan fingerprint density at radius 3 is 3.00 bits per heavy atom. The van der Waals surface area contributed by atoms with Gasteiger partial charge in [-0.1, -0.05) is 0 Å². The molecule has 0 aromatic carbocycles. The summed E-state index contributed by atoms with van der Waals surface area (Å²) in [5.41, 5.74) is 3.17. The maximum Gasteiger partial charge on any atom is 0.0983 e. The second-order valence-electron chi connectivity index (χ2n) is 5.07. The van der Waals surface area contributed by atoms with Gasteiger partial charge in [-0.2, -0.15) is 5.10 Å². The zero-order valence-electron chi connectivity index (χ0n) is 12.1. The first-order valence-corrected chi connectivity index (χ1v) is 6.98. The molecule has 2 rings (SSSR count). The van der Waals surface area contributed by atoms with Crippen LogP contribution in [0.15, 0.2) is 30.7 Å². The summed E-state index contributed by atoms with van der Waals surface area (Å²) in [6.45, 7) is 3.15. The van der Waals surface area contributed by atoms with E-state index in [4.69, 9.17) is 5.11 Å². The molecule has 0 aliphatic carbocycles. The van der Waals surface area contributed by atoms with Crippen LogP contribution in [0, 0.1) is 0 Å². The summed E-state index contributed by atoms with van der Waals surface area (Å²) in [6, 6.07) is 4.32. The zero-order valence-corrected chi connectivity index (χ0v) is 12.1. The molecule has 0 radical (unpaired) electrons. The van der Waals surface area contributed by atoms with Gasteiger partial charge in [0.25, 0.3) is 0 Å². The molecule has 2 aromatic heterocycles. The zero-order chi connectivity index (χ0) is 14.4. The van der Waals surface area contributed by atoms with E-state index in [0.717, 1.165) is 36.2 Å². The van der Waals surface area contributed by atoms with E-state index in [9.17, 15) is 0 Å². The van der Waals surface area contributed by atoms with Crippen molar-refractivity contribution in [3.8, 4) is 11.3 Å². The summed E-state index contributed by atoms with van der Waals surface area (Å²) in [7, 11) is 1.93. The second-order valence-corrected chi connectivity index (χ2v) is 5.07. The van der Waals surface area contributed by atoms with Gasteiger partial charge in [0.15, 0.2) is 0 Å². The van der Waals surface area contributed by atoms with Gasteiger partial charge in [-0.15, -0.1) is 0 Å². The summed E-state index contributed by atoms with van der Waals surface area (Å²) in [6.07, 6.45) is 7.44. The third-order valence-electron chi connectivity index (χ3n) is 3.28. The van der Waals surface area contributed by atoms with Crippen LogP contribution in [0.4, 0.5) is 0 Å². The molecule has 1 unspecified atom stereocenters. The first kappa shape index (κ1) is 14.7. The topological polar surface area (TPSA) is 63.0 Å². The SMILES string of the molecule is CC(CCCO)NCc1cn(C)nc1-c1cccnc1. The molecule has 0 saturated carbocycles. The molecule has 0 aliphatic heterocycles. The molecule has 0 spiro atoms. The average molecular weight is 274 g/mol. The smallest absolute Gasteiger partial charge is 0.0983 e. The molecule has 2 aromatic rings. The molecule has 0 saturated heterocycles. The van der Waals surface area contributed by atoms with Crippen molar-refractivity contribution in [1.82, 2.24) is 20.1 Å². The molecule has 1 atom stereocenters. The number of hydrogen-bond donors (Lipinski definition) is 2. The van der Waals surface area contributed by atoms with E-state index in [0.29, 0.717) is 6.04 Å². The van der Waals surface area contributed by atoms with Crippen molar-refractivity contribution in [2.45, 2.75) is 32.4 Å². The number of nitrogens with one attached hydrogen (secondary N) is 1. The van der Waals surface area contributed by atoms with Crippen LogP contribution < -0.4 is 5.32 Å². The third kappa shape index (κ3) is 3.88. The molecular weight excluding hydrogens is 252 g/mol. The number of aromatic nitrogens is 3. The fraction of sp³-hybridized carbons (Fsp3) is 0.467. The van der Waals surface area contributed by atoms with Crippen LogP contribution in [0.2, 0.25) is 0 Å². The van der Waals surface area contributed by atoms with E-state index in [-0.39, 0.29) is 6.61 Å².